The van der Waals surface area contributed by atoms with Crippen LogP contribution in [0.4, 0.5) is 0 Å². The summed E-state index contributed by atoms with van der Waals surface area (Å²) >= 11 is 5.85. The normalized spacial score (nSPS) is 21.2. The van der Waals surface area contributed by atoms with Crippen LogP contribution in [0.1, 0.15) is 5.69 Å². The number of hydrogen-bond donors (Lipinski definition) is 1. The first-order valence-electron chi connectivity index (χ1n) is 3.65. The second kappa shape index (κ2) is 2.54. The zero-order valence-corrected chi connectivity index (χ0v) is 6.90. The number of aromatic amines is 1. The van der Waals surface area contributed by atoms with E-state index in [1.165, 1.54) is 5.69 Å². The van der Waals surface area contributed by atoms with Crippen molar-refractivity contribution in [1.82, 2.24) is 4.98 Å². The summed E-state index contributed by atoms with van der Waals surface area (Å²) in [6.07, 6.45) is 1.92. The summed E-state index contributed by atoms with van der Waals surface area (Å²) in [5.74, 6) is 0.632. The number of alkyl halides is 1. The molecule has 1 saturated heterocycles. The number of halogens is 1. The molecule has 1 fully saturated rings. The Morgan fingerprint density at radius 2 is 2.45 bits per heavy atom. The number of nitrogens with one attached hydrogen (secondary N) is 1. The van der Waals surface area contributed by atoms with Gasteiger partial charge >= 0.3 is 0 Å². The summed E-state index contributed by atoms with van der Waals surface area (Å²) in [5, 5.41) is 0. The fourth-order valence-electron chi connectivity index (χ4n) is 1.31. The van der Waals surface area contributed by atoms with Crippen LogP contribution in [0.3, 0.4) is 0 Å². The minimum atomic E-state index is 0.0745. The largest absolute Gasteiger partial charge is 0.379 e. The van der Waals surface area contributed by atoms with E-state index in [2.05, 4.69) is 11.1 Å². The Morgan fingerprint density at radius 1 is 1.64 bits per heavy atom. The van der Waals surface area contributed by atoms with Crippen molar-refractivity contribution in [3.8, 4) is 0 Å². The van der Waals surface area contributed by atoms with Crippen LogP contribution in [0.15, 0.2) is 18.3 Å². The Bertz CT molecular complexity index is 223. The Labute approximate surface area is 70.5 Å². The molecule has 3 heteroatoms. The van der Waals surface area contributed by atoms with Crippen molar-refractivity contribution in [3.63, 3.8) is 0 Å². The van der Waals surface area contributed by atoms with Crippen LogP contribution in [-0.4, -0.2) is 24.1 Å². The van der Waals surface area contributed by atoms with Crippen LogP contribution in [0, 0.1) is 0 Å². The number of rotatable bonds is 2. The lowest BCUT2D eigenvalue weighted by Crippen LogP contribution is -2.48. The van der Waals surface area contributed by atoms with Crippen molar-refractivity contribution in [2.45, 2.75) is 5.41 Å². The molecule has 2 nitrogen and oxygen atoms in total. The van der Waals surface area contributed by atoms with Gasteiger partial charge in [0, 0.05) is 17.8 Å². The van der Waals surface area contributed by atoms with Crippen LogP contribution in [-0.2, 0) is 10.2 Å². The lowest BCUT2D eigenvalue weighted by molar-refractivity contribution is -0.0498. The van der Waals surface area contributed by atoms with Crippen molar-refractivity contribution < 1.29 is 4.74 Å². The van der Waals surface area contributed by atoms with Gasteiger partial charge in [0.1, 0.15) is 0 Å². The van der Waals surface area contributed by atoms with Crippen molar-refractivity contribution in [1.29, 1.82) is 0 Å². The summed E-state index contributed by atoms with van der Waals surface area (Å²) in [4.78, 5) is 3.17. The molecule has 1 N–H and O–H groups in total. The first-order valence-corrected chi connectivity index (χ1v) is 4.18. The molecule has 60 valence electrons. The molecule has 0 amide bonds. The average Bonchev–Trinajstić information content (AvgIpc) is 2.39. The maximum Gasteiger partial charge on any atom is 0.0705 e. The van der Waals surface area contributed by atoms with Gasteiger partial charge in [-0.25, -0.2) is 0 Å². The number of ether oxygens (including phenoxy) is 1. The lowest BCUT2D eigenvalue weighted by Gasteiger charge is -2.39. The van der Waals surface area contributed by atoms with E-state index in [0.29, 0.717) is 5.88 Å². The predicted octanol–water partition coefficient (Wildman–Crippen LogP) is 1.52. The molecule has 1 aromatic rings. The van der Waals surface area contributed by atoms with Gasteiger partial charge in [0.25, 0.3) is 0 Å². The third-order valence-corrected chi connectivity index (χ3v) is 2.69. The van der Waals surface area contributed by atoms with Gasteiger partial charge in [-0.3, -0.25) is 0 Å². The summed E-state index contributed by atoms with van der Waals surface area (Å²) < 4.78 is 5.15. The third-order valence-electron chi connectivity index (χ3n) is 2.18. The van der Waals surface area contributed by atoms with E-state index in [9.17, 15) is 0 Å². The van der Waals surface area contributed by atoms with E-state index in [1.807, 2.05) is 12.3 Å². The number of aromatic nitrogens is 1. The smallest absolute Gasteiger partial charge is 0.0705 e. The summed E-state index contributed by atoms with van der Waals surface area (Å²) in [5.41, 5.74) is 1.27. The van der Waals surface area contributed by atoms with E-state index in [1.54, 1.807) is 0 Å². The monoisotopic (exact) mass is 171 g/mol. The Kier molecular flexibility index (Phi) is 1.66. The first kappa shape index (κ1) is 7.19. The number of H-pyrrole nitrogens is 1. The molecule has 11 heavy (non-hydrogen) atoms. The lowest BCUT2D eigenvalue weighted by atomic mass is 9.85. The Hall–Kier alpha value is -0.470. The zero-order valence-electron chi connectivity index (χ0n) is 6.14. The molecule has 0 radical (unpaired) electrons. The highest BCUT2D eigenvalue weighted by atomic mass is 35.5. The summed E-state index contributed by atoms with van der Waals surface area (Å²) in [6.45, 7) is 1.49. The van der Waals surface area contributed by atoms with E-state index < -0.39 is 0 Å². The van der Waals surface area contributed by atoms with E-state index in [-0.39, 0.29) is 5.41 Å². The molecule has 0 aliphatic carbocycles. The van der Waals surface area contributed by atoms with Crippen LogP contribution in [0.25, 0.3) is 0 Å². The van der Waals surface area contributed by atoms with Gasteiger partial charge in [0.15, 0.2) is 0 Å². The summed E-state index contributed by atoms with van der Waals surface area (Å²) in [6, 6.07) is 4.05. The van der Waals surface area contributed by atoms with Gasteiger partial charge < -0.3 is 9.72 Å². The van der Waals surface area contributed by atoms with E-state index >= 15 is 0 Å². The van der Waals surface area contributed by atoms with Gasteiger partial charge in [-0.1, -0.05) is 0 Å². The molecule has 2 heterocycles. The molecular weight excluding hydrogens is 162 g/mol. The van der Waals surface area contributed by atoms with Crippen LogP contribution in [0.2, 0.25) is 0 Å². The van der Waals surface area contributed by atoms with Crippen molar-refractivity contribution in [2.75, 3.05) is 19.1 Å². The first-order chi connectivity index (χ1) is 5.37. The quantitative estimate of drug-likeness (QED) is 0.671. The summed E-state index contributed by atoms with van der Waals surface area (Å²) in [7, 11) is 0. The second-order valence-electron chi connectivity index (χ2n) is 2.99. The van der Waals surface area contributed by atoms with Crippen LogP contribution in [0.5, 0.6) is 0 Å². The van der Waals surface area contributed by atoms with Crippen molar-refractivity contribution in [2.24, 2.45) is 0 Å². The molecule has 0 unspecified atom stereocenters. The highest BCUT2D eigenvalue weighted by Crippen LogP contribution is 2.32. The molecule has 0 aromatic carbocycles. The molecule has 1 aliphatic rings. The Morgan fingerprint density at radius 3 is 2.82 bits per heavy atom. The van der Waals surface area contributed by atoms with Gasteiger partial charge in [0.2, 0.25) is 0 Å². The van der Waals surface area contributed by atoms with Crippen molar-refractivity contribution in [3.05, 3.63) is 24.0 Å². The van der Waals surface area contributed by atoms with Gasteiger partial charge in [-0.05, 0) is 12.1 Å². The standard InChI is InChI=1S/C8H10ClNO/c9-4-8(5-11-6-8)7-2-1-3-10-7/h1-3,10H,4-6H2. The molecule has 0 spiro atoms. The average molecular weight is 172 g/mol. The highest BCUT2D eigenvalue weighted by Gasteiger charge is 2.40. The molecule has 0 saturated carbocycles. The zero-order chi connectivity index (χ0) is 7.73. The maximum atomic E-state index is 5.85. The topological polar surface area (TPSA) is 25.0 Å². The van der Waals surface area contributed by atoms with Crippen LogP contribution < -0.4 is 0 Å². The highest BCUT2D eigenvalue weighted by molar-refractivity contribution is 6.18. The second-order valence-corrected chi connectivity index (χ2v) is 3.26. The molecule has 0 bridgehead atoms. The SMILES string of the molecule is ClCC1(c2ccc[nH]2)COC1. The maximum absolute atomic E-state index is 5.85. The molecular formula is C8H10ClNO. The van der Waals surface area contributed by atoms with Gasteiger partial charge in [-0.2, -0.15) is 0 Å². The van der Waals surface area contributed by atoms with E-state index in [4.69, 9.17) is 16.3 Å². The van der Waals surface area contributed by atoms with Gasteiger partial charge in [-0.15, -0.1) is 11.6 Å². The van der Waals surface area contributed by atoms with Crippen molar-refractivity contribution >= 4 is 11.6 Å². The van der Waals surface area contributed by atoms with Crippen LogP contribution >= 0.6 is 11.6 Å². The fourth-order valence-corrected chi connectivity index (χ4v) is 1.61. The molecule has 1 aliphatic heterocycles. The minimum absolute atomic E-state index is 0.0745. The fraction of sp³-hybridized carbons (Fsp3) is 0.500. The van der Waals surface area contributed by atoms with E-state index in [0.717, 1.165) is 13.2 Å². The molecule has 0 atom stereocenters. The molecule has 2 rings (SSSR count). The minimum Gasteiger partial charge on any atom is -0.379 e. The predicted molar refractivity (Wildman–Crippen MR) is 44.0 cm³/mol. The third kappa shape index (κ3) is 0.976. The van der Waals surface area contributed by atoms with Gasteiger partial charge in [0.05, 0.1) is 18.6 Å². The molecule has 1 aromatic heterocycles. The Balaban J connectivity index is 2.25. The number of hydrogen-bond acceptors (Lipinski definition) is 1.